The lowest BCUT2D eigenvalue weighted by molar-refractivity contribution is 0.582. The summed E-state index contributed by atoms with van der Waals surface area (Å²) in [7, 11) is 0. The lowest BCUT2D eigenvalue weighted by Crippen LogP contribution is -1.97. The number of hydrogen-bond acceptors (Lipinski definition) is 2. The van der Waals surface area contributed by atoms with E-state index in [0.29, 0.717) is 11.6 Å². The molecule has 7 heteroatoms. The fourth-order valence-corrected chi connectivity index (χ4v) is 2.46. The van der Waals surface area contributed by atoms with Crippen molar-refractivity contribution < 1.29 is 8.78 Å². The molecule has 0 aliphatic carbocycles. The van der Waals surface area contributed by atoms with Crippen molar-refractivity contribution >= 4 is 49.5 Å². The molecule has 0 unspecified atom stereocenters. The van der Waals surface area contributed by atoms with Gasteiger partial charge in [0.15, 0.2) is 10.3 Å². The lowest BCUT2D eigenvalue weighted by atomic mass is 10.2. The zero-order chi connectivity index (χ0) is 15.4. The van der Waals surface area contributed by atoms with Crippen LogP contribution in [0.3, 0.4) is 0 Å². The molecule has 0 spiro atoms. The van der Waals surface area contributed by atoms with Gasteiger partial charge in [-0.05, 0) is 18.2 Å². The SMILES string of the molecule is Fc1ccc(C(Cl)=NN=C(Cl)c2ccccc2Br)c(F)c1. The van der Waals surface area contributed by atoms with Crippen molar-refractivity contribution in [2.75, 3.05) is 0 Å². The second-order valence-corrected chi connectivity index (χ2v) is 5.46. The Hall–Kier alpha value is -1.30. The highest BCUT2D eigenvalue weighted by molar-refractivity contribution is 9.10. The standard InChI is InChI=1S/C14H7BrCl2F2N2/c15-11-4-2-1-3-9(11)13(16)20-21-14(17)10-6-5-8(18)7-12(10)19/h1-7H. The fraction of sp³-hybridized carbons (Fsp3) is 0. The van der Waals surface area contributed by atoms with Gasteiger partial charge in [0.25, 0.3) is 0 Å². The summed E-state index contributed by atoms with van der Waals surface area (Å²) in [6.07, 6.45) is 0. The van der Waals surface area contributed by atoms with E-state index in [0.717, 1.165) is 10.5 Å². The Morgan fingerprint density at radius 2 is 1.52 bits per heavy atom. The van der Waals surface area contributed by atoms with Gasteiger partial charge in [0, 0.05) is 21.7 Å². The molecule has 2 aromatic carbocycles. The van der Waals surface area contributed by atoms with Crippen molar-refractivity contribution in [1.82, 2.24) is 0 Å². The zero-order valence-electron chi connectivity index (χ0n) is 10.3. The Balaban J connectivity index is 2.31. The van der Waals surface area contributed by atoms with Crippen LogP contribution in [0.5, 0.6) is 0 Å². The molecule has 0 heterocycles. The van der Waals surface area contributed by atoms with Gasteiger partial charge in [-0.15, -0.1) is 10.2 Å². The van der Waals surface area contributed by atoms with E-state index in [9.17, 15) is 8.78 Å². The van der Waals surface area contributed by atoms with Gasteiger partial charge in [-0.3, -0.25) is 0 Å². The van der Waals surface area contributed by atoms with Crippen molar-refractivity contribution in [2.24, 2.45) is 10.2 Å². The molecule has 108 valence electrons. The lowest BCUT2D eigenvalue weighted by Gasteiger charge is -2.01. The molecule has 2 aromatic rings. The van der Waals surface area contributed by atoms with Gasteiger partial charge in [-0.2, -0.15) is 0 Å². The summed E-state index contributed by atoms with van der Waals surface area (Å²) >= 11 is 15.2. The maximum atomic E-state index is 13.5. The van der Waals surface area contributed by atoms with Gasteiger partial charge in [-0.25, -0.2) is 8.78 Å². The van der Waals surface area contributed by atoms with E-state index in [1.165, 1.54) is 6.07 Å². The van der Waals surface area contributed by atoms with Crippen molar-refractivity contribution in [1.29, 1.82) is 0 Å². The van der Waals surface area contributed by atoms with Crippen LogP contribution in [0, 0.1) is 11.6 Å². The molecular weight excluding hydrogens is 385 g/mol. The third kappa shape index (κ3) is 4.09. The maximum absolute atomic E-state index is 13.5. The van der Waals surface area contributed by atoms with Gasteiger partial charge in [0.1, 0.15) is 11.6 Å². The summed E-state index contributed by atoms with van der Waals surface area (Å²) < 4.78 is 27.1. The van der Waals surface area contributed by atoms with Crippen LogP contribution in [0.15, 0.2) is 57.1 Å². The van der Waals surface area contributed by atoms with Crippen LogP contribution < -0.4 is 0 Å². The van der Waals surface area contributed by atoms with Crippen molar-refractivity contribution in [3.63, 3.8) is 0 Å². The predicted molar refractivity (Wildman–Crippen MR) is 85.3 cm³/mol. The van der Waals surface area contributed by atoms with Crippen LogP contribution >= 0.6 is 39.1 Å². The normalized spacial score (nSPS) is 12.6. The molecule has 0 aromatic heterocycles. The van der Waals surface area contributed by atoms with Gasteiger partial charge in [-0.1, -0.05) is 57.3 Å². The first-order chi connectivity index (χ1) is 9.99. The topological polar surface area (TPSA) is 24.7 Å². The highest BCUT2D eigenvalue weighted by Gasteiger charge is 2.09. The van der Waals surface area contributed by atoms with Crippen LogP contribution in [0.25, 0.3) is 0 Å². The molecule has 0 radical (unpaired) electrons. The van der Waals surface area contributed by atoms with Crippen molar-refractivity contribution in [2.45, 2.75) is 0 Å². The minimum Gasteiger partial charge on any atom is -0.207 e. The second kappa shape index (κ2) is 7.11. The van der Waals surface area contributed by atoms with Gasteiger partial charge < -0.3 is 0 Å². The Labute approximate surface area is 138 Å². The van der Waals surface area contributed by atoms with Gasteiger partial charge in [0.05, 0.1) is 0 Å². The molecule has 2 rings (SSSR count). The van der Waals surface area contributed by atoms with E-state index < -0.39 is 11.6 Å². The molecule has 0 bridgehead atoms. The van der Waals surface area contributed by atoms with Crippen LogP contribution in [0.4, 0.5) is 8.78 Å². The van der Waals surface area contributed by atoms with Crippen molar-refractivity contribution in [3.8, 4) is 0 Å². The zero-order valence-corrected chi connectivity index (χ0v) is 13.4. The molecule has 0 N–H and O–H groups in total. The summed E-state index contributed by atoms with van der Waals surface area (Å²) in [4.78, 5) is 0. The Bertz CT molecular complexity index is 733. The summed E-state index contributed by atoms with van der Waals surface area (Å²) in [5, 5.41) is 7.26. The Morgan fingerprint density at radius 3 is 2.14 bits per heavy atom. The molecule has 0 aliphatic rings. The quantitative estimate of drug-likeness (QED) is 0.500. The van der Waals surface area contributed by atoms with E-state index in [4.69, 9.17) is 23.2 Å². The predicted octanol–water partition coefficient (Wildman–Crippen LogP) is 5.31. The highest BCUT2D eigenvalue weighted by Crippen LogP contribution is 2.19. The largest absolute Gasteiger partial charge is 0.207 e. The van der Waals surface area contributed by atoms with Crippen LogP contribution in [0.1, 0.15) is 11.1 Å². The van der Waals surface area contributed by atoms with Crippen LogP contribution in [-0.4, -0.2) is 10.3 Å². The minimum absolute atomic E-state index is 0.0570. The average Bonchev–Trinajstić information content (AvgIpc) is 2.45. The number of benzene rings is 2. The second-order valence-electron chi connectivity index (χ2n) is 3.89. The van der Waals surface area contributed by atoms with Crippen molar-refractivity contribution in [3.05, 3.63) is 69.7 Å². The maximum Gasteiger partial charge on any atom is 0.161 e. The molecule has 21 heavy (non-hydrogen) atoms. The number of rotatable bonds is 3. The van der Waals surface area contributed by atoms with E-state index in [2.05, 4.69) is 26.1 Å². The van der Waals surface area contributed by atoms with E-state index in [-0.39, 0.29) is 15.9 Å². The number of halogens is 5. The molecule has 0 aliphatic heterocycles. The molecule has 0 atom stereocenters. The van der Waals surface area contributed by atoms with E-state index in [1.54, 1.807) is 18.2 Å². The molecule has 0 fully saturated rings. The number of nitrogens with zero attached hydrogens (tertiary/aromatic N) is 2. The van der Waals surface area contributed by atoms with Crippen LogP contribution in [0.2, 0.25) is 0 Å². The highest BCUT2D eigenvalue weighted by atomic mass is 79.9. The fourth-order valence-electron chi connectivity index (χ4n) is 1.48. The first kappa shape index (κ1) is 16.1. The third-order valence-corrected chi connectivity index (χ3v) is 3.72. The first-order valence-electron chi connectivity index (χ1n) is 5.66. The summed E-state index contributed by atoms with van der Waals surface area (Å²) in [5.74, 6) is -1.52. The average molecular weight is 392 g/mol. The molecule has 0 amide bonds. The smallest absolute Gasteiger partial charge is 0.161 e. The molecule has 0 saturated carbocycles. The van der Waals surface area contributed by atoms with Gasteiger partial charge >= 0.3 is 0 Å². The molecule has 2 nitrogen and oxygen atoms in total. The summed E-state index contributed by atoms with van der Waals surface area (Å²) in [5.41, 5.74) is 0.561. The molecular formula is C14H7BrCl2F2N2. The monoisotopic (exact) mass is 390 g/mol. The minimum atomic E-state index is -0.823. The summed E-state index contributed by atoms with van der Waals surface area (Å²) in [6, 6.07) is 10.1. The van der Waals surface area contributed by atoms with Gasteiger partial charge in [0.2, 0.25) is 0 Å². The molecule has 0 saturated heterocycles. The first-order valence-corrected chi connectivity index (χ1v) is 7.21. The Kier molecular flexibility index (Phi) is 5.45. The van der Waals surface area contributed by atoms with E-state index >= 15 is 0 Å². The summed E-state index contributed by atoms with van der Waals surface area (Å²) in [6.45, 7) is 0. The number of hydrogen-bond donors (Lipinski definition) is 0. The van der Waals surface area contributed by atoms with E-state index in [1.807, 2.05) is 6.07 Å². The van der Waals surface area contributed by atoms with Crippen LogP contribution in [-0.2, 0) is 0 Å². The third-order valence-electron chi connectivity index (χ3n) is 2.48. The Morgan fingerprint density at radius 1 is 0.905 bits per heavy atom.